The van der Waals surface area contributed by atoms with Gasteiger partial charge in [0.15, 0.2) is 0 Å². The van der Waals surface area contributed by atoms with E-state index in [2.05, 4.69) is 6.58 Å². The van der Waals surface area contributed by atoms with E-state index in [0.717, 1.165) is 12.2 Å². The molecule has 0 N–H and O–H groups in total. The van der Waals surface area contributed by atoms with E-state index in [1.807, 2.05) is 6.92 Å². The molecule has 0 atom stereocenters. The number of hydrogen-bond acceptors (Lipinski definition) is 5. The van der Waals surface area contributed by atoms with Gasteiger partial charge in [0.05, 0.1) is 18.8 Å². The molecule has 0 radical (unpaired) electrons. The molecule has 0 aliphatic rings. The number of carbonyl (C=O) groups excluding carboxylic acids is 1. The Labute approximate surface area is 154 Å². The molecule has 5 heteroatoms. The monoisotopic (exact) mass is 356 g/mol. The third kappa shape index (κ3) is 6.61. The highest BCUT2D eigenvalue weighted by molar-refractivity contribution is 5.91. The summed E-state index contributed by atoms with van der Waals surface area (Å²) >= 11 is 0. The number of ether oxygens (including phenoxy) is 4. The van der Waals surface area contributed by atoms with Gasteiger partial charge in [-0.1, -0.05) is 6.08 Å². The highest BCUT2D eigenvalue weighted by Gasteiger charge is 2.09. The van der Waals surface area contributed by atoms with Gasteiger partial charge in [0.1, 0.15) is 23.9 Å². The van der Waals surface area contributed by atoms with Crippen LogP contribution in [0.4, 0.5) is 0 Å². The van der Waals surface area contributed by atoms with Crippen LogP contribution in [0.3, 0.4) is 0 Å². The van der Waals surface area contributed by atoms with Gasteiger partial charge in [-0.15, -0.1) is 6.58 Å². The van der Waals surface area contributed by atoms with Crippen LogP contribution in [0.2, 0.25) is 0 Å². The first-order valence-electron chi connectivity index (χ1n) is 8.59. The van der Waals surface area contributed by atoms with E-state index in [-0.39, 0.29) is 0 Å². The first-order chi connectivity index (χ1) is 12.7. The lowest BCUT2D eigenvalue weighted by molar-refractivity contribution is 0.0734. The van der Waals surface area contributed by atoms with E-state index in [0.29, 0.717) is 43.5 Å². The second-order valence-electron chi connectivity index (χ2n) is 5.36. The van der Waals surface area contributed by atoms with E-state index in [1.165, 1.54) is 0 Å². The van der Waals surface area contributed by atoms with E-state index in [4.69, 9.17) is 18.9 Å². The number of carbonyl (C=O) groups is 1. The Kier molecular flexibility index (Phi) is 8.23. The predicted octanol–water partition coefficient (Wildman–Crippen LogP) is 4.28. The Hall–Kier alpha value is -2.79. The van der Waals surface area contributed by atoms with Gasteiger partial charge < -0.3 is 18.9 Å². The molecule has 0 saturated heterocycles. The van der Waals surface area contributed by atoms with Crippen LogP contribution in [0.25, 0.3) is 0 Å². The summed E-state index contributed by atoms with van der Waals surface area (Å²) in [4.78, 5) is 12.2. The van der Waals surface area contributed by atoms with Crippen LogP contribution in [0, 0.1) is 0 Å². The zero-order valence-corrected chi connectivity index (χ0v) is 15.0. The van der Waals surface area contributed by atoms with Crippen LogP contribution in [-0.2, 0) is 4.74 Å². The molecule has 0 aliphatic heterocycles. The minimum Gasteiger partial charge on any atom is -0.493 e. The van der Waals surface area contributed by atoms with Crippen molar-refractivity contribution in [3.8, 4) is 17.2 Å². The maximum Gasteiger partial charge on any atom is 0.343 e. The zero-order valence-electron chi connectivity index (χ0n) is 15.0. The SMILES string of the molecule is C=CCCOc1ccc(OC(=O)c2ccc(OCCOCC)cc2)cc1. The average Bonchev–Trinajstić information content (AvgIpc) is 2.67. The summed E-state index contributed by atoms with van der Waals surface area (Å²) in [5.74, 6) is 1.44. The summed E-state index contributed by atoms with van der Waals surface area (Å²) in [6, 6.07) is 13.7. The fourth-order valence-electron chi connectivity index (χ4n) is 2.08. The Morgan fingerprint density at radius 2 is 1.46 bits per heavy atom. The van der Waals surface area contributed by atoms with Gasteiger partial charge in [-0.25, -0.2) is 4.79 Å². The van der Waals surface area contributed by atoms with Crippen molar-refractivity contribution < 1.29 is 23.7 Å². The molecule has 2 rings (SSSR count). The lowest BCUT2D eigenvalue weighted by atomic mass is 10.2. The van der Waals surface area contributed by atoms with Crippen LogP contribution in [0.5, 0.6) is 17.2 Å². The highest BCUT2D eigenvalue weighted by atomic mass is 16.5. The predicted molar refractivity (Wildman–Crippen MR) is 100 cm³/mol. The van der Waals surface area contributed by atoms with Crippen molar-refractivity contribution in [1.82, 2.24) is 0 Å². The number of rotatable bonds is 11. The number of benzene rings is 2. The van der Waals surface area contributed by atoms with Crippen LogP contribution in [-0.4, -0.2) is 32.4 Å². The molecule has 0 fully saturated rings. The second kappa shape index (κ2) is 10.9. The van der Waals surface area contributed by atoms with E-state index < -0.39 is 5.97 Å². The standard InChI is InChI=1S/C21H24O5/c1-3-5-14-24-19-10-12-20(13-11-19)26-21(22)17-6-8-18(9-7-17)25-16-15-23-4-2/h3,6-13H,1,4-5,14-16H2,2H3. The molecule has 0 spiro atoms. The quantitative estimate of drug-likeness (QED) is 0.260. The molecule has 0 unspecified atom stereocenters. The van der Waals surface area contributed by atoms with Gasteiger partial charge in [0.25, 0.3) is 0 Å². The molecular weight excluding hydrogens is 332 g/mol. The average molecular weight is 356 g/mol. The molecule has 26 heavy (non-hydrogen) atoms. The van der Waals surface area contributed by atoms with Crippen molar-refractivity contribution in [1.29, 1.82) is 0 Å². The lowest BCUT2D eigenvalue weighted by Crippen LogP contribution is -2.09. The largest absolute Gasteiger partial charge is 0.493 e. The number of hydrogen-bond donors (Lipinski definition) is 0. The Morgan fingerprint density at radius 1 is 0.885 bits per heavy atom. The second-order valence-corrected chi connectivity index (χ2v) is 5.36. The number of esters is 1. The molecule has 0 aromatic heterocycles. The molecule has 2 aromatic carbocycles. The molecule has 0 amide bonds. The Bertz CT molecular complexity index is 677. The first kappa shape index (κ1) is 19.5. The summed E-state index contributed by atoms with van der Waals surface area (Å²) < 4.78 is 21.6. The molecule has 0 heterocycles. The maximum atomic E-state index is 12.2. The summed E-state index contributed by atoms with van der Waals surface area (Å²) in [7, 11) is 0. The van der Waals surface area contributed by atoms with Crippen LogP contribution < -0.4 is 14.2 Å². The van der Waals surface area contributed by atoms with Gasteiger partial charge >= 0.3 is 5.97 Å². The van der Waals surface area contributed by atoms with Gasteiger partial charge in [0.2, 0.25) is 0 Å². The topological polar surface area (TPSA) is 54.0 Å². The molecule has 0 bridgehead atoms. The third-order valence-electron chi connectivity index (χ3n) is 3.42. The van der Waals surface area contributed by atoms with Gasteiger partial charge in [-0.05, 0) is 61.9 Å². The van der Waals surface area contributed by atoms with Gasteiger partial charge in [0, 0.05) is 6.61 Å². The fraction of sp³-hybridized carbons (Fsp3) is 0.286. The summed E-state index contributed by atoms with van der Waals surface area (Å²) in [6.45, 7) is 7.82. The van der Waals surface area contributed by atoms with E-state index in [9.17, 15) is 4.79 Å². The Balaban J connectivity index is 1.84. The van der Waals surface area contributed by atoms with Crippen LogP contribution in [0.1, 0.15) is 23.7 Å². The van der Waals surface area contributed by atoms with E-state index >= 15 is 0 Å². The minimum absolute atomic E-state index is 0.425. The normalized spacial score (nSPS) is 10.2. The summed E-state index contributed by atoms with van der Waals surface area (Å²) in [6.07, 6.45) is 2.58. The van der Waals surface area contributed by atoms with Crippen molar-refractivity contribution in [2.75, 3.05) is 26.4 Å². The lowest BCUT2D eigenvalue weighted by Gasteiger charge is -2.08. The maximum absolute atomic E-state index is 12.2. The Morgan fingerprint density at radius 3 is 2.08 bits per heavy atom. The molecular formula is C21H24O5. The van der Waals surface area contributed by atoms with Crippen LogP contribution in [0.15, 0.2) is 61.2 Å². The summed E-state index contributed by atoms with van der Waals surface area (Å²) in [5, 5.41) is 0. The molecule has 0 saturated carbocycles. The summed E-state index contributed by atoms with van der Waals surface area (Å²) in [5.41, 5.74) is 0.452. The molecule has 2 aromatic rings. The molecule has 0 aliphatic carbocycles. The van der Waals surface area contributed by atoms with Crippen molar-refractivity contribution in [2.24, 2.45) is 0 Å². The molecule has 138 valence electrons. The van der Waals surface area contributed by atoms with Crippen molar-refractivity contribution in [2.45, 2.75) is 13.3 Å². The first-order valence-corrected chi connectivity index (χ1v) is 8.59. The third-order valence-corrected chi connectivity index (χ3v) is 3.42. The van der Waals surface area contributed by atoms with Crippen LogP contribution >= 0.6 is 0 Å². The van der Waals surface area contributed by atoms with Crippen molar-refractivity contribution in [3.05, 3.63) is 66.7 Å². The van der Waals surface area contributed by atoms with Crippen molar-refractivity contribution in [3.63, 3.8) is 0 Å². The molecule has 5 nitrogen and oxygen atoms in total. The zero-order chi connectivity index (χ0) is 18.6. The van der Waals surface area contributed by atoms with Crippen molar-refractivity contribution >= 4 is 5.97 Å². The van der Waals surface area contributed by atoms with Gasteiger partial charge in [-0.3, -0.25) is 0 Å². The highest BCUT2D eigenvalue weighted by Crippen LogP contribution is 2.20. The van der Waals surface area contributed by atoms with E-state index in [1.54, 1.807) is 54.6 Å². The van der Waals surface area contributed by atoms with Gasteiger partial charge in [-0.2, -0.15) is 0 Å². The smallest absolute Gasteiger partial charge is 0.343 e. The minimum atomic E-state index is -0.425. The fourth-order valence-corrected chi connectivity index (χ4v) is 2.08.